The van der Waals surface area contributed by atoms with Gasteiger partial charge in [-0.15, -0.1) is 11.8 Å². The summed E-state index contributed by atoms with van der Waals surface area (Å²) in [5.41, 5.74) is 5.68. The van der Waals surface area contributed by atoms with E-state index in [0.29, 0.717) is 14.7 Å². The van der Waals surface area contributed by atoms with Gasteiger partial charge in [-0.05, 0) is 50.4 Å². The highest BCUT2D eigenvalue weighted by molar-refractivity contribution is 9.28. The Morgan fingerprint density at radius 2 is 2.23 bits per heavy atom. The topological polar surface area (TPSA) is 160 Å². The Bertz CT molecular complexity index is 990. The van der Waals surface area contributed by atoms with Crippen molar-refractivity contribution in [1.29, 1.82) is 0 Å². The predicted octanol–water partition coefficient (Wildman–Crippen LogP) is 1.23. The molecule has 0 spiro atoms. The van der Waals surface area contributed by atoms with Gasteiger partial charge in [0.15, 0.2) is 5.13 Å². The largest absolute Gasteiger partial charge is 0.477 e. The number of aliphatic carboxylic acids is 1. The summed E-state index contributed by atoms with van der Waals surface area (Å²) in [6.45, 7) is 1.89. The van der Waals surface area contributed by atoms with Gasteiger partial charge in [-0.1, -0.05) is 5.16 Å². The lowest BCUT2D eigenvalue weighted by atomic mass is 10.0. The van der Waals surface area contributed by atoms with Gasteiger partial charge < -0.3 is 21.0 Å². The van der Waals surface area contributed by atoms with E-state index in [1.807, 2.05) is 0 Å². The van der Waals surface area contributed by atoms with Crippen LogP contribution >= 0.6 is 55.2 Å². The number of hydrogen-bond donors (Lipinski definition) is 3. The van der Waals surface area contributed by atoms with E-state index in [4.69, 9.17) is 10.6 Å². The zero-order valence-electron chi connectivity index (χ0n) is 15.2. The first-order valence-electron chi connectivity index (χ1n) is 8.28. The van der Waals surface area contributed by atoms with Crippen molar-refractivity contribution in [2.75, 3.05) is 18.1 Å². The van der Waals surface area contributed by atoms with Crippen molar-refractivity contribution in [1.82, 2.24) is 19.6 Å². The number of carboxylic acids is 1. The minimum atomic E-state index is -1.23. The molecular formula is C15H14Br2N6O5S2. The van der Waals surface area contributed by atoms with Crippen LogP contribution < -0.4 is 11.1 Å². The van der Waals surface area contributed by atoms with Crippen LogP contribution in [0.1, 0.15) is 12.7 Å². The molecule has 1 aromatic heterocycles. The van der Waals surface area contributed by atoms with Crippen molar-refractivity contribution in [2.45, 2.75) is 18.3 Å². The summed E-state index contributed by atoms with van der Waals surface area (Å²) < 4.78 is 4.50. The van der Waals surface area contributed by atoms with E-state index < -0.39 is 29.2 Å². The van der Waals surface area contributed by atoms with Crippen LogP contribution in [0.5, 0.6) is 0 Å². The third-order valence-corrected chi connectivity index (χ3v) is 6.23. The Morgan fingerprint density at radius 1 is 1.50 bits per heavy atom. The van der Waals surface area contributed by atoms with E-state index in [1.54, 1.807) is 13.0 Å². The number of nitrogen functional groups attached to an aromatic ring is 1. The summed E-state index contributed by atoms with van der Waals surface area (Å²) in [5.74, 6) is -2.19. The molecule has 2 amide bonds. The monoisotopic (exact) mass is 580 g/mol. The molecule has 0 saturated carbocycles. The third-order valence-electron chi connectivity index (χ3n) is 3.92. The highest BCUT2D eigenvalue weighted by Gasteiger charge is 2.54. The average Bonchev–Trinajstić information content (AvgIpc) is 3.11. The highest BCUT2D eigenvalue weighted by Crippen LogP contribution is 2.41. The van der Waals surface area contributed by atoms with E-state index >= 15 is 0 Å². The van der Waals surface area contributed by atoms with E-state index in [9.17, 15) is 19.5 Å². The van der Waals surface area contributed by atoms with E-state index in [1.165, 1.54) is 11.8 Å². The Labute approximate surface area is 195 Å². The number of nitrogens with zero attached hydrogens (tertiary/aromatic N) is 4. The molecule has 4 N–H and O–H groups in total. The maximum Gasteiger partial charge on any atom is 0.352 e. The Hall–Kier alpha value is -1.97. The second kappa shape index (κ2) is 9.45. The quantitative estimate of drug-likeness (QED) is 0.244. The third kappa shape index (κ3) is 4.53. The van der Waals surface area contributed by atoms with Crippen molar-refractivity contribution >= 4 is 83.8 Å². The number of nitrogens with two attached hydrogens (primary N) is 1. The number of hydrogen-bond acceptors (Lipinski definition) is 10. The number of thioether (sulfide) groups is 1. The van der Waals surface area contributed by atoms with Crippen LogP contribution in [0.25, 0.3) is 0 Å². The number of amides is 2. The molecule has 0 radical (unpaired) electrons. The standard InChI is InChI=1S/C15H14Br2N6O5S2/c1-2-28-21-7(10-20-15(18)30-22-10)11(24)19-8-12(25)23-9(14(26)27)5(3-6(16)17)4-29-13(8)23/h3,8,13H,2,4H2,1H3,(H,19,24)(H,26,27)(H2,18,20,22)/b21-7-/t8?,13-/m1/s1. The zero-order chi connectivity index (χ0) is 22.0. The number of aromatic nitrogens is 2. The van der Waals surface area contributed by atoms with Gasteiger partial charge in [0.1, 0.15) is 23.7 Å². The molecule has 0 aromatic carbocycles. The van der Waals surface area contributed by atoms with Gasteiger partial charge in [0.05, 0.1) is 3.39 Å². The van der Waals surface area contributed by atoms with Crippen LogP contribution in [-0.4, -0.2) is 66.6 Å². The smallest absolute Gasteiger partial charge is 0.352 e. The van der Waals surface area contributed by atoms with Gasteiger partial charge in [-0.25, -0.2) is 4.79 Å². The number of carboxylic acid groups (broad SMARTS) is 1. The summed E-state index contributed by atoms with van der Waals surface area (Å²) in [4.78, 5) is 47.2. The minimum absolute atomic E-state index is 0.0240. The SMILES string of the molecule is CCO/N=C(\C(=O)NC1C(=O)N2C(C(=O)O)=C(C=C(Br)Br)CS[C@H]12)c1nsc(N)n1. The van der Waals surface area contributed by atoms with Crippen molar-refractivity contribution < 1.29 is 24.3 Å². The first-order chi connectivity index (χ1) is 14.2. The van der Waals surface area contributed by atoms with Gasteiger partial charge >= 0.3 is 5.97 Å². The highest BCUT2D eigenvalue weighted by atomic mass is 79.9. The van der Waals surface area contributed by atoms with Gasteiger partial charge in [-0.3, -0.25) is 14.5 Å². The second-order valence-corrected chi connectivity index (χ2v) is 10.4. The van der Waals surface area contributed by atoms with Crippen LogP contribution in [-0.2, 0) is 19.2 Å². The molecule has 2 aliphatic rings. The lowest BCUT2D eigenvalue weighted by Gasteiger charge is -2.49. The number of carbonyl (C=O) groups excluding carboxylic acids is 2. The summed E-state index contributed by atoms with van der Waals surface area (Å²) >= 11 is 8.61. The fourth-order valence-corrected chi connectivity index (χ4v) is 5.03. The van der Waals surface area contributed by atoms with Gasteiger partial charge in [0.25, 0.3) is 11.8 Å². The molecule has 3 rings (SSSR count). The number of halogens is 2. The zero-order valence-corrected chi connectivity index (χ0v) is 20.0. The molecule has 1 unspecified atom stereocenters. The minimum Gasteiger partial charge on any atom is -0.477 e. The first kappa shape index (κ1) is 22.7. The Morgan fingerprint density at radius 3 is 2.80 bits per heavy atom. The van der Waals surface area contributed by atoms with Crippen LogP contribution in [0.2, 0.25) is 0 Å². The lowest BCUT2D eigenvalue weighted by molar-refractivity contribution is -0.150. The fraction of sp³-hybridized carbons (Fsp3) is 0.333. The molecule has 11 nitrogen and oxygen atoms in total. The number of allylic oxidation sites excluding steroid dienone is 1. The predicted molar refractivity (Wildman–Crippen MR) is 118 cm³/mol. The summed E-state index contributed by atoms with van der Waals surface area (Å²) in [5, 5.41) is 15.5. The van der Waals surface area contributed by atoms with Gasteiger partial charge in [-0.2, -0.15) is 9.36 Å². The Balaban J connectivity index is 1.82. The average molecular weight is 582 g/mol. The number of oxime groups is 1. The van der Waals surface area contributed by atoms with Crippen LogP contribution in [0.4, 0.5) is 5.13 Å². The van der Waals surface area contributed by atoms with E-state index in [2.05, 4.69) is 51.7 Å². The molecule has 1 aromatic rings. The Kier molecular flexibility index (Phi) is 7.15. The van der Waals surface area contributed by atoms with Crippen molar-refractivity contribution in [2.24, 2.45) is 5.16 Å². The molecule has 1 saturated heterocycles. The molecule has 160 valence electrons. The maximum atomic E-state index is 12.7. The van der Waals surface area contributed by atoms with Crippen LogP contribution in [0, 0.1) is 0 Å². The molecular weight excluding hydrogens is 568 g/mol. The molecule has 1 fully saturated rings. The molecule has 0 bridgehead atoms. The van der Waals surface area contributed by atoms with Crippen molar-refractivity contribution in [3.63, 3.8) is 0 Å². The molecule has 2 atom stereocenters. The van der Waals surface area contributed by atoms with Crippen molar-refractivity contribution in [3.05, 3.63) is 26.6 Å². The summed E-state index contributed by atoms with van der Waals surface area (Å²) in [6.07, 6.45) is 1.58. The van der Waals surface area contributed by atoms with E-state index in [-0.39, 0.29) is 29.0 Å². The van der Waals surface area contributed by atoms with Crippen LogP contribution in [0.3, 0.4) is 0 Å². The molecule has 30 heavy (non-hydrogen) atoms. The lowest BCUT2D eigenvalue weighted by Crippen LogP contribution is -2.71. The second-order valence-electron chi connectivity index (χ2n) is 5.79. The van der Waals surface area contributed by atoms with Crippen molar-refractivity contribution in [3.8, 4) is 0 Å². The molecule has 15 heteroatoms. The normalized spacial score (nSPS) is 21.0. The van der Waals surface area contributed by atoms with Gasteiger partial charge in [0.2, 0.25) is 11.5 Å². The number of nitrogens with one attached hydrogen (secondary N) is 1. The number of rotatable bonds is 7. The summed E-state index contributed by atoms with van der Waals surface area (Å²) in [7, 11) is 0. The molecule has 3 heterocycles. The van der Waals surface area contributed by atoms with Crippen LogP contribution in [0.15, 0.2) is 25.9 Å². The molecule has 2 aliphatic heterocycles. The van der Waals surface area contributed by atoms with E-state index in [0.717, 1.165) is 16.4 Å². The first-order valence-corrected chi connectivity index (χ1v) is 11.7. The van der Waals surface area contributed by atoms with Gasteiger partial charge in [0, 0.05) is 17.3 Å². The summed E-state index contributed by atoms with van der Waals surface area (Å²) in [6, 6.07) is -0.933. The number of anilines is 1. The number of carbonyl (C=O) groups is 3. The number of fused-ring (bicyclic) bond motifs is 1. The fourth-order valence-electron chi connectivity index (χ4n) is 2.74. The molecule has 0 aliphatic carbocycles. The maximum absolute atomic E-state index is 12.7. The number of β-lactam (4-membered cyclic amide) rings is 1.